The number of aryl methyl sites for hydroxylation is 1. The monoisotopic (exact) mass is 268 g/mol. The molecule has 0 spiro atoms. The van der Waals surface area contributed by atoms with E-state index in [1.165, 1.54) is 5.56 Å². The van der Waals surface area contributed by atoms with Crippen LogP contribution in [0.4, 0.5) is 5.69 Å². The zero-order chi connectivity index (χ0) is 13.9. The fourth-order valence-corrected chi connectivity index (χ4v) is 2.32. The molecule has 2 heterocycles. The van der Waals surface area contributed by atoms with E-state index in [1.54, 1.807) is 18.5 Å². The van der Waals surface area contributed by atoms with Crippen LogP contribution in [0.2, 0.25) is 0 Å². The number of carbonyl (C=O) groups excluding carboxylic acids is 1. The molecular formula is C16H16N2O2. The number of hydrogen-bond acceptors (Lipinski definition) is 3. The van der Waals surface area contributed by atoms with Crippen LogP contribution in [0.25, 0.3) is 0 Å². The maximum atomic E-state index is 12.3. The van der Waals surface area contributed by atoms with Crippen molar-refractivity contribution in [2.75, 3.05) is 11.9 Å². The summed E-state index contributed by atoms with van der Waals surface area (Å²) in [4.78, 5) is 16.3. The number of ether oxygens (including phenoxy) is 1. The first-order chi connectivity index (χ1) is 9.74. The van der Waals surface area contributed by atoms with E-state index in [0.717, 1.165) is 29.8 Å². The van der Waals surface area contributed by atoms with Gasteiger partial charge in [0, 0.05) is 23.6 Å². The Morgan fingerprint density at radius 3 is 3.05 bits per heavy atom. The van der Waals surface area contributed by atoms with Crippen LogP contribution >= 0.6 is 0 Å². The number of amides is 1. The van der Waals surface area contributed by atoms with Crippen LogP contribution in [0.5, 0.6) is 0 Å². The molecule has 1 aromatic carbocycles. The van der Waals surface area contributed by atoms with Crippen molar-refractivity contribution in [3.05, 3.63) is 58.9 Å². The molecule has 102 valence electrons. The van der Waals surface area contributed by atoms with E-state index in [0.29, 0.717) is 12.2 Å². The molecule has 0 radical (unpaired) electrons. The maximum Gasteiger partial charge on any atom is 0.255 e. The molecule has 0 saturated heterocycles. The van der Waals surface area contributed by atoms with E-state index in [4.69, 9.17) is 4.74 Å². The second-order valence-electron chi connectivity index (χ2n) is 4.93. The van der Waals surface area contributed by atoms with Gasteiger partial charge in [0.05, 0.1) is 13.2 Å². The quantitative estimate of drug-likeness (QED) is 0.911. The van der Waals surface area contributed by atoms with Crippen LogP contribution in [0.15, 0.2) is 36.7 Å². The van der Waals surface area contributed by atoms with Gasteiger partial charge in [-0.05, 0) is 48.2 Å². The molecular weight excluding hydrogens is 252 g/mol. The summed E-state index contributed by atoms with van der Waals surface area (Å²) in [6, 6.07) is 7.61. The molecule has 1 amide bonds. The number of benzene rings is 1. The molecule has 0 bridgehead atoms. The van der Waals surface area contributed by atoms with Crippen LogP contribution in [0.3, 0.4) is 0 Å². The number of nitrogens with zero attached hydrogens (tertiary/aromatic N) is 1. The van der Waals surface area contributed by atoms with Crippen LogP contribution in [0, 0.1) is 6.92 Å². The normalized spacial score (nSPS) is 13.7. The first-order valence-corrected chi connectivity index (χ1v) is 6.65. The van der Waals surface area contributed by atoms with Gasteiger partial charge in [0.15, 0.2) is 0 Å². The Morgan fingerprint density at radius 2 is 2.20 bits per heavy atom. The maximum absolute atomic E-state index is 12.3. The summed E-state index contributed by atoms with van der Waals surface area (Å²) in [5.41, 5.74) is 4.77. The lowest BCUT2D eigenvalue weighted by molar-refractivity contribution is 0.102. The lowest BCUT2D eigenvalue weighted by Crippen LogP contribution is -2.15. The number of rotatable bonds is 2. The largest absolute Gasteiger partial charge is 0.376 e. The summed E-state index contributed by atoms with van der Waals surface area (Å²) in [5, 5.41) is 2.91. The van der Waals surface area contributed by atoms with Gasteiger partial charge >= 0.3 is 0 Å². The van der Waals surface area contributed by atoms with Crippen molar-refractivity contribution in [1.29, 1.82) is 0 Å². The predicted molar refractivity (Wildman–Crippen MR) is 76.7 cm³/mol. The Hall–Kier alpha value is -2.20. The molecule has 1 aromatic heterocycles. The Labute approximate surface area is 117 Å². The summed E-state index contributed by atoms with van der Waals surface area (Å²) in [5.74, 6) is -0.104. The molecule has 1 aliphatic rings. The SMILES string of the molecule is Cc1cnccc1NC(=O)c1ccc2c(c1)COCC2. The standard InChI is InChI=1S/C16H16N2O2/c1-11-9-17-6-4-15(11)18-16(19)13-3-2-12-5-7-20-10-14(12)8-13/h2-4,6,8-9H,5,7,10H2,1H3,(H,17,18,19). The van der Waals surface area contributed by atoms with Gasteiger partial charge in [-0.2, -0.15) is 0 Å². The van der Waals surface area contributed by atoms with E-state index in [1.807, 2.05) is 25.1 Å². The Bertz CT molecular complexity index is 653. The van der Waals surface area contributed by atoms with Crippen molar-refractivity contribution in [1.82, 2.24) is 4.98 Å². The lowest BCUT2D eigenvalue weighted by Gasteiger charge is -2.17. The zero-order valence-electron chi connectivity index (χ0n) is 11.3. The molecule has 0 atom stereocenters. The highest BCUT2D eigenvalue weighted by Crippen LogP contribution is 2.20. The average molecular weight is 268 g/mol. The van der Waals surface area contributed by atoms with Crippen molar-refractivity contribution in [3.63, 3.8) is 0 Å². The molecule has 0 saturated carbocycles. The van der Waals surface area contributed by atoms with E-state index in [-0.39, 0.29) is 5.91 Å². The first kappa shape index (κ1) is 12.8. The molecule has 4 nitrogen and oxygen atoms in total. The number of anilines is 1. The lowest BCUT2D eigenvalue weighted by atomic mass is 10.00. The van der Waals surface area contributed by atoms with Gasteiger partial charge in [0.2, 0.25) is 0 Å². The zero-order valence-corrected chi connectivity index (χ0v) is 11.3. The average Bonchev–Trinajstić information content (AvgIpc) is 2.49. The topological polar surface area (TPSA) is 51.2 Å². The molecule has 3 rings (SSSR count). The smallest absolute Gasteiger partial charge is 0.255 e. The summed E-state index contributed by atoms with van der Waals surface area (Å²) >= 11 is 0. The van der Waals surface area contributed by atoms with Gasteiger partial charge in [-0.3, -0.25) is 9.78 Å². The van der Waals surface area contributed by atoms with E-state index in [2.05, 4.69) is 10.3 Å². The molecule has 20 heavy (non-hydrogen) atoms. The van der Waals surface area contributed by atoms with Crippen LogP contribution in [-0.4, -0.2) is 17.5 Å². The number of aromatic nitrogens is 1. The summed E-state index contributed by atoms with van der Waals surface area (Å²) < 4.78 is 5.43. The second-order valence-corrected chi connectivity index (χ2v) is 4.93. The third-order valence-electron chi connectivity index (χ3n) is 3.51. The summed E-state index contributed by atoms with van der Waals surface area (Å²) in [6.45, 7) is 3.27. The van der Waals surface area contributed by atoms with Crippen molar-refractivity contribution in [3.8, 4) is 0 Å². The van der Waals surface area contributed by atoms with Crippen LogP contribution in [-0.2, 0) is 17.8 Å². The fourth-order valence-electron chi connectivity index (χ4n) is 2.32. The second kappa shape index (κ2) is 5.43. The molecule has 0 unspecified atom stereocenters. The molecule has 2 aromatic rings. The van der Waals surface area contributed by atoms with Crippen LogP contribution < -0.4 is 5.32 Å². The first-order valence-electron chi connectivity index (χ1n) is 6.65. The minimum absolute atomic E-state index is 0.104. The molecule has 0 fully saturated rings. The number of carbonyl (C=O) groups is 1. The number of hydrogen-bond donors (Lipinski definition) is 1. The highest BCUT2D eigenvalue weighted by Gasteiger charge is 2.13. The van der Waals surface area contributed by atoms with Gasteiger partial charge in [0.25, 0.3) is 5.91 Å². The minimum Gasteiger partial charge on any atom is -0.376 e. The van der Waals surface area contributed by atoms with Crippen molar-refractivity contribution in [2.24, 2.45) is 0 Å². The summed E-state index contributed by atoms with van der Waals surface area (Å²) in [6.07, 6.45) is 4.32. The minimum atomic E-state index is -0.104. The number of fused-ring (bicyclic) bond motifs is 1. The van der Waals surface area contributed by atoms with Crippen molar-refractivity contribution >= 4 is 11.6 Å². The van der Waals surface area contributed by atoms with Gasteiger partial charge < -0.3 is 10.1 Å². The van der Waals surface area contributed by atoms with Crippen LogP contribution in [0.1, 0.15) is 27.0 Å². The fraction of sp³-hybridized carbons (Fsp3) is 0.250. The number of nitrogens with one attached hydrogen (secondary N) is 1. The van der Waals surface area contributed by atoms with E-state index in [9.17, 15) is 4.79 Å². The highest BCUT2D eigenvalue weighted by atomic mass is 16.5. The highest BCUT2D eigenvalue weighted by molar-refractivity contribution is 6.04. The van der Waals surface area contributed by atoms with Gasteiger partial charge in [-0.15, -0.1) is 0 Å². The van der Waals surface area contributed by atoms with E-state index >= 15 is 0 Å². The van der Waals surface area contributed by atoms with Gasteiger partial charge in [-0.1, -0.05) is 6.07 Å². The third-order valence-corrected chi connectivity index (χ3v) is 3.51. The third kappa shape index (κ3) is 2.56. The molecule has 1 aliphatic heterocycles. The Balaban J connectivity index is 1.82. The van der Waals surface area contributed by atoms with Gasteiger partial charge in [-0.25, -0.2) is 0 Å². The van der Waals surface area contributed by atoms with E-state index < -0.39 is 0 Å². The van der Waals surface area contributed by atoms with Crippen molar-refractivity contribution in [2.45, 2.75) is 20.0 Å². The predicted octanol–water partition coefficient (Wildman–Crippen LogP) is 2.72. The molecule has 1 N–H and O–H groups in total. The Kier molecular flexibility index (Phi) is 3.48. The summed E-state index contributed by atoms with van der Waals surface area (Å²) in [7, 11) is 0. The Morgan fingerprint density at radius 1 is 1.30 bits per heavy atom. The molecule has 0 aliphatic carbocycles. The van der Waals surface area contributed by atoms with Gasteiger partial charge in [0.1, 0.15) is 0 Å². The number of pyridine rings is 1. The molecule has 4 heteroatoms. The van der Waals surface area contributed by atoms with Crippen molar-refractivity contribution < 1.29 is 9.53 Å².